The van der Waals surface area contributed by atoms with Crippen molar-refractivity contribution in [3.8, 4) is 0 Å². The maximum absolute atomic E-state index is 11.5. The zero-order valence-electron chi connectivity index (χ0n) is 11.0. The van der Waals surface area contributed by atoms with Crippen molar-refractivity contribution >= 4 is 23.8 Å². The van der Waals surface area contributed by atoms with Gasteiger partial charge in [-0.2, -0.15) is 4.98 Å². The van der Waals surface area contributed by atoms with Crippen LogP contribution in [0.25, 0.3) is 6.08 Å². The van der Waals surface area contributed by atoms with Crippen LogP contribution in [0.1, 0.15) is 32.0 Å². The molecule has 0 atom stereocenters. The molecule has 0 aliphatic heterocycles. The Labute approximate surface area is 106 Å². The van der Waals surface area contributed by atoms with Gasteiger partial charge in [-0.25, -0.2) is 9.78 Å². The Morgan fingerprint density at radius 3 is 2.39 bits per heavy atom. The van der Waals surface area contributed by atoms with Crippen LogP contribution in [0.4, 0.5) is 11.8 Å². The molecule has 6 nitrogen and oxygen atoms in total. The Bertz CT molecular complexity index is 466. The second kappa shape index (κ2) is 5.03. The number of aryl methyl sites for hydroxylation is 1. The van der Waals surface area contributed by atoms with E-state index >= 15 is 0 Å². The number of aromatic nitrogens is 2. The molecule has 0 aliphatic carbocycles. The smallest absolute Gasteiger partial charge is 0.331 e. The van der Waals surface area contributed by atoms with Gasteiger partial charge in [0.25, 0.3) is 0 Å². The Kier molecular flexibility index (Phi) is 3.90. The van der Waals surface area contributed by atoms with Gasteiger partial charge >= 0.3 is 5.97 Å². The number of esters is 1. The number of hydrogen-bond acceptors (Lipinski definition) is 6. The molecule has 0 aliphatic rings. The van der Waals surface area contributed by atoms with Gasteiger partial charge in [0.05, 0.1) is 5.69 Å². The largest absolute Gasteiger partial charge is 0.457 e. The summed E-state index contributed by atoms with van der Waals surface area (Å²) in [5.74, 6) is -0.0997. The molecule has 0 aromatic carbocycles. The fourth-order valence-corrected chi connectivity index (χ4v) is 1.32. The second-order valence-electron chi connectivity index (χ2n) is 4.83. The second-order valence-corrected chi connectivity index (χ2v) is 4.83. The highest BCUT2D eigenvalue weighted by Crippen LogP contribution is 2.16. The fourth-order valence-electron chi connectivity index (χ4n) is 1.32. The molecule has 98 valence electrons. The summed E-state index contributed by atoms with van der Waals surface area (Å²) in [4.78, 5) is 19.3. The van der Waals surface area contributed by atoms with E-state index < -0.39 is 11.6 Å². The Morgan fingerprint density at radius 2 is 1.89 bits per heavy atom. The van der Waals surface area contributed by atoms with Crippen LogP contribution in [0.5, 0.6) is 0 Å². The van der Waals surface area contributed by atoms with E-state index in [9.17, 15) is 4.79 Å². The molecular formula is C12H18N4O2. The lowest BCUT2D eigenvalue weighted by Crippen LogP contribution is -2.22. The average Bonchev–Trinajstić information content (AvgIpc) is 2.12. The molecule has 0 saturated heterocycles. The molecule has 0 fully saturated rings. The zero-order valence-corrected chi connectivity index (χ0v) is 11.0. The van der Waals surface area contributed by atoms with Gasteiger partial charge in [0, 0.05) is 11.6 Å². The van der Waals surface area contributed by atoms with Crippen molar-refractivity contribution in [2.45, 2.75) is 33.3 Å². The highest BCUT2D eigenvalue weighted by atomic mass is 16.6. The molecule has 1 rings (SSSR count). The summed E-state index contributed by atoms with van der Waals surface area (Å²) in [7, 11) is 0. The molecule has 0 bridgehead atoms. The quantitative estimate of drug-likeness (QED) is 0.605. The number of nitrogens with zero attached hydrogens (tertiary/aromatic N) is 2. The summed E-state index contributed by atoms with van der Waals surface area (Å²) in [5.41, 5.74) is 11.8. The highest BCUT2D eigenvalue weighted by molar-refractivity contribution is 5.88. The van der Waals surface area contributed by atoms with Gasteiger partial charge in [0.1, 0.15) is 11.4 Å². The Hall–Kier alpha value is -2.11. The first-order valence-electron chi connectivity index (χ1n) is 5.49. The molecule has 6 heteroatoms. The summed E-state index contributed by atoms with van der Waals surface area (Å²) in [6, 6.07) is 0. The van der Waals surface area contributed by atoms with Crippen molar-refractivity contribution in [3.63, 3.8) is 0 Å². The Balaban J connectivity index is 2.89. The van der Waals surface area contributed by atoms with Gasteiger partial charge < -0.3 is 16.2 Å². The van der Waals surface area contributed by atoms with Crippen molar-refractivity contribution in [2.75, 3.05) is 11.5 Å². The number of carbonyl (C=O) groups excluding carboxylic acids is 1. The number of nitrogens with two attached hydrogens (primary N) is 2. The molecule has 4 N–H and O–H groups in total. The minimum atomic E-state index is -0.528. The molecule has 0 unspecified atom stereocenters. The first-order chi connectivity index (χ1) is 8.19. The van der Waals surface area contributed by atoms with Crippen molar-refractivity contribution in [1.29, 1.82) is 0 Å². The lowest BCUT2D eigenvalue weighted by atomic mass is 10.2. The molecule has 18 heavy (non-hydrogen) atoms. The predicted octanol–water partition coefficient (Wildman–Crippen LogP) is 1.30. The minimum Gasteiger partial charge on any atom is -0.457 e. The number of ether oxygens (including phenoxy) is 1. The van der Waals surface area contributed by atoms with E-state index in [1.54, 1.807) is 27.7 Å². The fraction of sp³-hybridized carbons (Fsp3) is 0.417. The molecule has 0 spiro atoms. The number of nitrogen functional groups attached to an aromatic ring is 2. The standard InChI is InChI=1S/C12H18N4O2/c1-7-8(10(13)16-11(14)15-7)5-6-9(17)18-12(2,3)4/h5-6H,1-4H3,(H4,13,14,15,16)/b6-5+. The van der Waals surface area contributed by atoms with Crippen LogP contribution in [-0.2, 0) is 9.53 Å². The number of carbonyl (C=O) groups is 1. The van der Waals surface area contributed by atoms with E-state index in [1.165, 1.54) is 12.2 Å². The van der Waals surface area contributed by atoms with Gasteiger partial charge in [0.15, 0.2) is 0 Å². The molecular weight excluding hydrogens is 232 g/mol. The summed E-state index contributed by atoms with van der Waals surface area (Å²) < 4.78 is 5.13. The molecule has 1 heterocycles. The van der Waals surface area contributed by atoms with Gasteiger partial charge in [-0.15, -0.1) is 0 Å². The maximum atomic E-state index is 11.5. The third-order valence-electron chi connectivity index (χ3n) is 1.98. The van der Waals surface area contributed by atoms with Crippen LogP contribution >= 0.6 is 0 Å². The van der Waals surface area contributed by atoms with Crippen LogP contribution in [-0.4, -0.2) is 21.5 Å². The topological polar surface area (TPSA) is 104 Å². The van der Waals surface area contributed by atoms with Gasteiger partial charge in [-0.1, -0.05) is 0 Å². The van der Waals surface area contributed by atoms with Crippen LogP contribution in [0, 0.1) is 6.92 Å². The van der Waals surface area contributed by atoms with E-state index in [1.807, 2.05) is 0 Å². The number of hydrogen-bond donors (Lipinski definition) is 2. The first-order valence-corrected chi connectivity index (χ1v) is 5.49. The highest BCUT2D eigenvalue weighted by Gasteiger charge is 2.14. The van der Waals surface area contributed by atoms with E-state index in [2.05, 4.69) is 9.97 Å². The Morgan fingerprint density at radius 1 is 1.28 bits per heavy atom. The molecule has 1 aromatic rings. The van der Waals surface area contributed by atoms with Crippen LogP contribution < -0.4 is 11.5 Å². The molecule has 1 aromatic heterocycles. The number of rotatable bonds is 2. The van der Waals surface area contributed by atoms with Crippen LogP contribution in [0.2, 0.25) is 0 Å². The molecule has 0 saturated carbocycles. The van der Waals surface area contributed by atoms with Crippen molar-refractivity contribution in [3.05, 3.63) is 17.3 Å². The van der Waals surface area contributed by atoms with Crippen molar-refractivity contribution in [2.24, 2.45) is 0 Å². The van der Waals surface area contributed by atoms with E-state index in [0.29, 0.717) is 11.3 Å². The zero-order chi connectivity index (χ0) is 13.9. The lowest BCUT2D eigenvalue weighted by molar-refractivity contribution is -0.148. The SMILES string of the molecule is Cc1nc(N)nc(N)c1/C=C/C(=O)OC(C)(C)C. The minimum absolute atomic E-state index is 0.111. The molecule has 0 amide bonds. The van der Waals surface area contributed by atoms with Crippen molar-refractivity contribution in [1.82, 2.24) is 9.97 Å². The predicted molar refractivity (Wildman–Crippen MR) is 70.5 cm³/mol. The lowest BCUT2D eigenvalue weighted by Gasteiger charge is -2.17. The van der Waals surface area contributed by atoms with Crippen LogP contribution in [0.15, 0.2) is 6.08 Å². The number of anilines is 2. The summed E-state index contributed by atoms with van der Waals surface area (Å²) in [6.45, 7) is 7.13. The van der Waals surface area contributed by atoms with Gasteiger partial charge in [0.2, 0.25) is 5.95 Å². The van der Waals surface area contributed by atoms with E-state index in [-0.39, 0.29) is 11.8 Å². The summed E-state index contributed by atoms with van der Waals surface area (Å²) in [5, 5.41) is 0. The van der Waals surface area contributed by atoms with E-state index in [0.717, 1.165) is 0 Å². The third-order valence-corrected chi connectivity index (χ3v) is 1.98. The normalized spacial score (nSPS) is 11.8. The van der Waals surface area contributed by atoms with Crippen molar-refractivity contribution < 1.29 is 9.53 Å². The first kappa shape index (κ1) is 14.0. The molecule has 0 radical (unpaired) electrons. The van der Waals surface area contributed by atoms with Gasteiger partial charge in [-0.05, 0) is 33.8 Å². The van der Waals surface area contributed by atoms with Gasteiger partial charge in [-0.3, -0.25) is 0 Å². The average molecular weight is 250 g/mol. The third kappa shape index (κ3) is 4.04. The monoisotopic (exact) mass is 250 g/mol. The van der Waals surface area contributed by atoms with Crippen LogP contribution in [0.3, 0.4) is 0 Å². The summed E-state index contributed by atoms with van der Waals surface area (Å²) in [6.07, 6.45) is 2.82. The summed E-state index contributed by atoms with van der Waals surface area (Å²) >= 11 is 0. The maximum Gasteiger partial charge on any atom is 0.331 e. The van der Waals surface area contributed by atoms with E-state index in [4.69, 9.17) is 16.2 Å².